The summed E-state index contributed by atoms with van der Waals surface area (Å²) in [5.41, 5.74) is 2.10. The molecular formula is C21H24N2O5S. The van der Waals surface area contributed by atoms with Gasteiger partial charge in [0.05, 0.1) is 23.4 Å². The highest BCUT2D eigenvalue weighted by molar-refractivity contribution is 7.91. The molecule has 1 aliphatic heterocycles. The molecule has 2 aromatic carbocycles. The van der Waals surface area contributed by atoms with Crippen molar-refractivity contribution in [2.24, 2.45) is 0 Å². The highest BCUT2D eigenvalue weighted by Crippen LogP contribution is 2.31. The van der Waals surface area contributed by atoms with Crippen molar-refractivity contribution in [3.05, 3.63) is 48.0 Å². The first-order chi connectivity index (χ1) is 13.9. The summed E-state index contributed by atoms with van der Waals surface area (Å²) in [6.07, 6.45) is 0.859. The maximum Gasteiger partial charge on any atom is 0.226 e. The van der Waals surface area contributed by atoms with Crippen molar-refractivity contribution < 1.29 is 22.7 Å². The molecule has 0 spiro atoms. The summed E-state index contributed by atoms with van der Waals surface area (Å²) in [5, 5.41) is 2.68. The number of carbonyl (C=O) groups is 2. The lowest BCUT2D eigenvalue weighted by Crippen LogP contribution is -2.27. The third-order valence-corrected chi connectivity index (χ3v) is 6.60. The Balaban J connectivity index is 1.67. The van der Waals surface area contributed by atoms with E-state index in [-0.39, 0.29) is 23.0 Å². The fraction of sp³-hybridized carbons (Fsp3) is 0.333. The minimum atomic E-state index is -3.62. The van der Waals surface area contributed by atoms with E-state index in [1.807, 2.05) is 0 Å². The third kappa shape index (κ3) is 4.59. The van der Waals surface area contributed by atoms with E-state index in [1.165, 1.54) is 13.2 Å². The number of benzene rings is 2. The number of hydrogen-bond donors (Lipinski definition) is 1. The van der Waals surface area contributed by atoms with Gasteiger partial charge in [-0.1, -0.05) is 19.1 Å². The molecule has 0 aliphatic carbocycles. The van der Waals surface area contributed by atoms with E-state index in [0.717, 1.165) is 11.3 Å². The molecule has 1 aliphatic rings. The Morgan fingerprint density at radius 1 is 1.17 bits per heavy atom. The summed E-state index contributed by atoms with van der Waals surface area (Å²) in [7, 11) is -2.13. The van der Waals surface area contributed by atoms with Gasteiger partial charge in [0.2, 0.25) is 11.8 Å². The molecule has 154 valence electrons. The highest BCUT2D eigenvalue weighted by atomic mass is 32.2. The number of nitrogens with zero attached hydrogens (tertiary/aromatic N) is 1. The van der Waals surface area contributed by atoms with Gasteiger partial charge in [-0.2, -0.15) is 0 Å². The van der Waals surface area contributed by atoms with E-state index in [9.17, 15) is 18.0 Å². The van der Waals surface area contributed by atoms with E-state index >= 15 is 0 Å². The molecule has 2 aromatic rings. The minimum Gasteiger partial charge on any atom is -0.495 e. The van der Waals surface area contributed by atoms with Gasteiger partial charge in [0.15, 0.2) is 9.84 Å². The minimum absolute atomic E-state index is 0.0207. The van der Waals surface area contributed by atoms with Crippen LogP contribution in [0.3, 0.4) is 0 Å². The average molecular weight is 416 g/mol. The molecule has 0 atom stereocenters. The number of amides is 2. The van der Waals surface area contributed by atoms with Crippen LogP contribution in [-0.4, -0.2) is 39.6 Å². The second-order valence-electron chi connectivity index (χ2n) is 6.76. The monoisotopic (exact) mass is 416 g/mol. The molecule has 0 fully saturated rings. The van der Waals surface area contributed by atoms with Crippen LogP contribution in [-0.2, 0) is 25.8 Å². The van der Waals surface area contributed by atoms with Gasteiger partial charge in [-0.05, 0) is 42.3 Å². The Morgan fingerprint density at radius 2 is 1.93 bits per heavy atom. The number of hydrogen-bond acceptors (Lipinski definition) is 5. The SMILES string of the molecule is CCC(=O)N1CCc2cc(S(=O)(=O)CCC(=O)Nc3ccccc3OC)ccc21. The molecule has 1 N–H and O–H groups in total. The standard InChI is InChI=1S/C21H24N2O5S/c1-3-21(25)23-12-10-15-14-16(8-9-18(15)23)29(26,27)13-11-20(24)22-17-6-4-5-7-19(17)28-2/h4-9,14H,3,10-13H2,1-2H3,(H,22,24). The number of fused-ring (bicyclic) bond motifs is 1. The molecule has 0 bridgehead atoms. The van der Waals surface area contributed by atoms with Gasteiger partial charge < -0.3 is 15.0 Å². The molecule has 3 rings (SSSR count). The van der Waals surface area contributed by atoms with Crippen LogP contribution in [0.2, 0.25) is 0 Å². The molecule has 2 amide bonds. The van der Waals surface area contributed by atoms with Crippen LogP contribution in [0.4, 0.5) is 11.4 Å². The van der Waals surface area contributed by atoms with Crippen LogP contribution < -0.4 is 15.0 Å². The zero-order valence-electron chi connectivity index (χ0n) is 16.5. The number of ether oxygens (including phenoxy) is 1. The predicted octanol–water partition coefficient (Wildman–Crippen LogP) is 2.80. The predicted molar refractivity (Wildman–Crippen MR) is 111 cm³/mol. The Labute approximate surface area is 170 Å². The topological polar surface area (TPSA) is 92.8 Å². The average Bonchev–Trinajstić information content (AvgIpc) is 3.15. The lowest BCUT2D eigenvalue weighted by molar-refractivity contribution is -0.118. The van der Waals surface area contributed by atoms with Crippen molar-refractivity contribution in [1.29, 1.82) is 0 Å². The highest BCUT2D eigenvalue weighted by Gasteiger charge is 2.26. The van der Waals surface area contributed by atoms with Crippen molar-refractivity contribution in [3.8, 4) is 5.75 Å². The molecule has 0 aromatic heterocycles. The lowest BCUT2D eigenvalue weighted by Gasteiger charge is -2.16. The smallest absolute Gasteiger partial charge is 0.226 e. The fourth-order valence-electron chi connectivity index (χ4n) is 3.33. The van der Waals surface area contributed by atoms with Crippen molar-refractivity contribution in [2.75, 3.05) is 29.6 Å². The molecule has 0 saturated heterocycles. The van der Waals surface area contributed by atoms with E-state index < -0.39 is 15.7 Å². The first-order valence-corrected chi connectivity index (χ1v) is 11.1. The van der Waals surface area contributed by atoms with Crippen molar-refractivity contribution in [1.82, 2.24) is 0 Å². The van der Waals surface area contributed by atoms with Gasteiger partial charge in [-0.3, -0.25) is 9.59 Å². The van der Waals surface area contributed by atoms with Gasteiger partial charge in [-0.25, -0.2) is 8.42 Å². The number of anilines is 2. The van der Waals surface area contributed by atoms with Crippen molar-refractivity contribution in [2.45, 2.75) is 31.1 Å². The number of sulfone groups is 1. The van der Waals surface area contributed by atoms with Crippen LogP contribution in [0.5, 0.6) is 5.75 Å². The maximum atomic E-state index is 12.7. The number of nitrogens with one attached hydrogen (secondary N) is 1. The molecule has 0 radical (unpaired) electrons. The molecule has 8 heteroatoms. The number of carbonyl (C=O) groups excluding carboxylic acids is 2. The third-order valence-electron chi connectivity index (χ3n) is 4.89. The van der Waals surface area contributed by atoms with Crippen molar-refractivity contribution in [3.63, 3.8) is 0 Å². The Kier molecular flexibility index (Phi) is 6.22. The van der Waals surface area contributed by atoms with Gasteiger partial charge in [0, 0.05) is 25.1 Å². The van der Waals surface area contributed by atoms with E-state index in [0.29, 0.717) is 30.8 Å². The lowest BCUT2D eigenvalue weighted by atomic mass is 10.2. The molecule has 0 unspecified atom stereocenters. The van der Waals surface area contributed by atoms with Crippen LogP contribution >= 0.6 is 0 Å². The first kappa shape index (κ1) is 20.9. The normalized spacial score (nSPS) is 13.1. The van der Waals surface area contributed by atoms with E-state index in [1.54, 1.807) is 48.2 Å². The number of methoxy groups -OCH3 is 1. The fourth-order valence-corrected chi connectivity index (χ4v) is 4.61. The van der Waals surface area contributed by atoms with E-state index in [2.05, 4.69) is 5.32 Å². The summed E-state index contributed by atoms with van der Waals surface area (Å²) in [5.74, 6) is -0.176. The quantitative estimate of drug-likeness (QED) is 0.749. The Morgan fingerprint density at radius 3 is 2.66 bits per heavy atom. The summed E-state index contributed by atoms with van der Waals surface area (Å²) >= 11 is 0. The Bertz CT molecular complexity index is 1030. The molecular weight excluding hydrogens is 392 g/mol. The summed E-state index contributed by atoms with van der Waals surface area (Å²) < 4.78 is 30.6. The first-order valence-electron chi connectivity index (χ1n) is 9.44. The second kappa shape index (κ2) is 8.65. The maximum absolute atomic E-state index is 12.7. The Hall–Kier alpha value is -2.87. The van der Waals surface area contributed by atoms with Gasteiger partial charge in [0.1, 0.15) is 5.75 Å². The van der Waals surface area contributed by atoms with Crippen LogP contribution in [0, 0.1) is 0 Å². The van der Waals surface area contributed by atoms with E-state index in [4.69, 9.17) is 4.74 Å². The zero-order valence-corrected chi connectivity index (χ0v) is 17.3. The summed E-state index contributed by atoms with van der Waals surface area (Å²) in [6, 6.07) is 11.7. The van der Waals surface area contributed by atoms with Crippen molar-refractivity contribution >= 4 is 33.0 Å². The number of para-hydroxylation sites is 2. The molecule has 29 heavy (non-hydrogen) atoms. The van der Waals surface area contributed by atoms with Crippen LogP contribution in [0.25, 0.3) is 0 Å². The van der Waals surface area contributed by atoms with Gasteiger partial charge >= 0.3 is 0 Å². The summed E-state index contributed by atoms with van der Waals surface area (Å²) in [4.78, 5) is 26.1. The van der Waals surface area contributed by atoms with Gasteiger partial charge in [-0.15, -0.1) is 0 Å². The second-order valence-corrected chi connectivity index (χ2v) is 8.87. The molecule has 0 saturated carbocycles. The van der Waals surface area contributed by atoms with Crippen LogP contribution in [0.15, 0.2) is 47.4 Å². The largest absolute Gasteiger partial charge is 0.495 e. The molecule has 1 heterocycles. The van der Waals surface area contributed by atoms with Crippen LogP contribution in [0.1, 0.15) is 25.3 Å². The number of rotatable bonds is 7. The molecule has 7 nitrogen and oxygen atoms in total. The summed E-state index contributed by atoms with van der Waals surface area (Å²) in [6.45, 7) is 2.36. The van der Waals surface area contributed by atoms with Gasteiger partial charge in [0.25, 0.3) is 0 Å². The zero-order chi connectivity index (χ0) is 21.0.